The average molecular weight is 644 g/mol. The molecule has 1 amide bonds. The molecule has 2 aliphatic heterocycles. The molecule has 1 aliphatic carbocycles. The van der Waals surface area contributed by atoms with Crippen molar-refractivity contribution in [3.63, 3.8) is 0 Å². The molecule has 2 fully saturated rings. The van der Waals surface area contributed by atoms with Crippen LogP contribution >= 0.6 is 0 Å². The van der Waals surface area contributed by atoms with E-state index in [9.17, 15) is 27.9 Å². The van der Waals surface area contributed by atoms with Crippen molar-refractivity contribution < 1.29 is 27.9 Å². The van der Waals surface area contributed by atoms with E-state index in [0.29, 0.717) is 34.9 Å². The van der Waals surface area contributed by atoms with E-state index in [0.717, 1.165) is 75.0 Å². The molecule has 4 aromatic rings. The van der Waals surface area contributed by atoms with Crippen LogP contribution in [0.4, 0.5) is 18.9 Å². The summed E-state index contributed by atoms with van der Waals surface area (Å²) in [5, 5.41) is 13.1. The van der Waals surface area contributed by atoms with Gasteiger partial charge < -0.3 is 14.9 Å². The van der Waals surface area contributed by atoms with E-state index in [1.165, 1.54) is 22.8 Å². The van der Waals surface area contributed by atoms with Gasteiger partial charge in [0.05, 0.1) is 11.9 Å². The molecular weight excluding hydrogens is 607 g/mol. The maximum Gasteiger partial charge on any atom is 0.434 e. The number of pyridine rings is 1. The zero-order valence-electron chi connectivity index (χ0n) is 26.1. The molecule has 47 heavy (non-hydrogen) atoms. The van der Waals surface area contributed by atoms with Gasteiger partial charge in [-0.25, -0.2) is 14.5 Å². The number of likely N-dealkylation sites (tertiary alicyclic amines) is 1. The third kappa shape index (κ3) is 5.99. The summed E-state index contributed by atoms with van der Waals surface area (Å²) < 4.78 is 42.4. The quantitative estimate of drug-likeness (QED) is 0.225. The summed E-state index contributed by atoms with van der Waals surface area (Å²) in [5.74, 6) is -0.782. The number of halogens is 3. The third-order valence-electron chi connectivity index (χ3n) is 9.72. The molecule has 0 radical (unpaired) electrons. The van der Waals surface area contributed by atoms with Crippen LogP contribution < -0.4 is 4.90 Å². The normalized spacial score (nSPS) is 16.9. The molecule has 244 valence electrons. The number of rotatable bonds is 8. The first-order valence-corrected chi connectivity index (χ1v) is 16.3. The lowest BCUT2D eigenvalue weighted by Crippen LogP contribution is -2.38. The van der Waals surface area contributed by atoms with E-state index in [4.69, 9.17) is 0 Å². The number of aromatic nitrogens is 3. The number of hydrogen-bond acceptors (Lipinski definition) is 5. The Labute approximate surface area is 270 Å². The van der Waals surface area contributed by atoms with Crippen molar-refractivity contribution in [1.82, 2.24) is 19.7 Å². The Morgan fingerprint density at radius 2 is 1.74 bits per heavy atom. The standard InChI is InChI=1S/C36H36F3N5O3/c1-2-23-19-22(9-12-27(23)24-13-16-42(17-14-24)34(45)26-10-11-26)21-43-18-15-25-5-3-6-28(32(25)43)30-7-4-8-31(41-30)44-33(36(37,38)39)29(20-40-44)35(46)47/h3-9,12,19-20,24,26H,2,10-11,13-18,21H2,1H3,(H,46,47). The van der Waals surface area contributed by atoms with Crippen molar-refractivity contribution in [3.8, 4) is 17.1 Å². The Hall–Kier alpha value is -4.67. The van der Waals surface area contributed by atoms with Gasteiger partial charge in [-0.3, -0.25) is 4.79 Å². The van der Waals surface area contributed by atoms with Gasteiger partial charge in [0.25, 0.3) is 0 Å². The van der Waals surface area contributed by atoms with E-state index in [2.05, 4.69) is 51.1 Å². The van der Waals surface area contributed by atoms with E-state index in [1.807, 2.05) is 12.1 Å². The van der Waals surface area contributed by atoms with Crippen molar-refractivity contribution in [1.29, 1.82) is 0 Å². The van der Waals surface area contributed by atoms with E-state index >= 15 is 0 Å². The predicted molar refractivity (Wildman–Crippen MR) is 171 cm³/mol. The molecule has 1 saturated heterocycles. The van der Waals surface area contributed by atoms with Gasteiger partial charge in [-0.2, -0.15) is 18.3 Å². The molecular formula is C36H36F3N5O3. The number of aromatic carboxylic acids is 1. The number of aryl methyl sites for hydroxylation is 1. The van der Waals surface area contributed by atoms with Crippen molar-refractivity contribution >= 4 is 17.6 Å². The number of nitrogens with zero attached hydrogens (tertiary/aromatic N) is 5. The molecule has 3 aliphatic rings. The van der Waals surface area contributed by atoms with Gasteiger partial charge in [0, 0.05) is 43.3 Å². The van der Waals surface area contributed by atoms with Gasteiger partial charge >= 0.3 is 12.1 Å². The minimum atomic E-state index is -4.94. The van der Waals surface area contributed by atoms with Gasteiger partial charge in [0.1, 0.15) is 5.56 Å². The first kappa shape index (κ1) is 31.0. The first-order chi connectivity index (χ1) is 22.6. The summed E-state index contributed by atoms with van der Waals surface area (Å²) in [6.07, 6.45) is 1.56. The molecule has 0 unspecified atom stereocenters. The van der Waals surface area contributed by atoms with Crippen LogP contribution in [-0.4, -0.2) is 56.3 Å². The first-order valence-electron chi connectivity index (χ1n) is 16.3. The fraction of sp³-hybridized carbons (Fsp3) is 0.389. The van der Waals surface area contributed by atoms with E-state index < -0.39 is 23.4 Å². The Kier molecular flexibility index (Phi) is 8.01. The average Bonchev–Trinajstić information content (AvgIpc) is 3.68. The highest BCUT2D eigenvalue weighted by Gasteiger charge is 2.41. The number of fused-ring (bicyclic) bond motifs is 1. The van der Waals surface area contributed by atoms with Gasteiger partial charge in [0.2, 0.25) is 5.91 Å². The summed E-state index contributed by atoms with van der Waals surface area (Å²) in [4.78, 5) is 33.0. The lowest BCUT2D eigenvalue weighted by atomic mass is 9.85. The fourth-order valence-corrected chi connectivity index (χ4v) is 7.22. The fourth-order valence-electron chi connectivity index (χ4n) is 7.22. The largest absolute Gasteiger partial charge is 0.478 e. The minimum Gasteiger partial charge on any atom is -0.478 e. The van der Waals surface area contributed by atoms with Crippen LogP contribution in [0, 0.1) is 5.92 Å². The van der Waals surface area contributed by atoms with Gasteiger partial charge in [0.15, 0.2) is 11.5 Å². The maximum atomic E-state index is 13.9. The van der Waals surface area contributed by atoms with Crippen LogP contribution in [0.25, 0.3) is 17.1 Å². The number of carboxylic acids is 1. The molecule has 0 spiro atoms. The number of anilines is 1. The number of carboxylic acid groups (broad SMARTS) is 1. The van der Waals surface area contributed by atoms with Crippen LogP contribution in [0.5, 0.6) is 0 Å². The minimum absolute atomic E-state index is 0.115. The lowest BCUT2D eigenvalue weighted by molar-refractivity contribution is -0.143. The van der Waals surface area contributed by atoms with Gasteiger partial charge in [-0.15, -0.1) is 0 Å². The Balaban J connectivity index is 1.14. The van der Waals surface area contributed by atoms with Crippen LogP contribution in [-0.2, 0) is 30.4 Å². The van der Waals surface area contributed by atoms with Crippen LogP contribution in [0.3, 0.4) is 0 Å². The maximum absolute atomic E-state index is 13.9. The van der Waals surface area contributed by atoms with Gasteiger partial charge in [-0.1, -0.05) is 49.4 Å². The smallest absolute Gasteiger partial charge is 0.434 e. The monoisotopic (exact) mass is 643 g/mol. The molecule has 1 saturated carbocycles. The molecule has 4 heterocycles. The number of piperidine rings is 1. The Morgan fingerprint density at radius 1 is 0.979 bits per heavy atom. The Morgan fingerprint density at radius 3 is 2.45 bits per heavy atom. The number of carbonyl (C=O) groups is 2. The SMILES string of the molecule is CCc1cc(CN2CCc3cccc(-c4cccc(-n5ncc(C(=O)O)c5C(F)(F)F)n4)c32)ccc1C1CCN(C(=O)C2CC2)CC1. The number of benzene rings is 2. The molecule has 11 heteroatoms. The topological polar surface area (TPSA) is 91.6 Å². The van der Waals surface area contributed by atoms with E-state index in [1.54, 1.807) is 12.1 Å². The summed E-state index contributed by atoms with van der Waals surface area (Å²) in [6.45, 7) is 5.30. The second-order valence-electron chi connectivity index (χ2n) is 12.7. The van der Waals surface area contributed by atoms with Gasteiger partial charge in [-0.05, 0) is 78.8 Å². The molecule has 0 atom stereocenters. The lowest BCUT2D eigenvalue weighted by Gasteiger charge is -2.33. The second-order valence-corrected chi connectivity index (χ2v) is 12.7. The number of para-hydroxylation sites is 1. The highest BCUT2D eigenvalue weighted by Crippen LogP contribution is 2.40. The number of carbonyl (C=O) groups excluding carboxylic acids is 1. The highest BCUT2D eigenvalue weighted by molar-refractivity contribution is 5.89. The summed E-state index contributed by atoms with van der Waals surface area (Å²) >= 11 is 0. The molecule has 2 aromatic carbocycles. The molecule has 8 nitrogen and oxygen atoms in total. The van der Waals surface area contributed by atoms with Crippen molar-refractivity contribution in [2.75, 3.05) is 24.5 Å². The van der Waals surface area contributed by atoms with Crippen molar-refractivity contribution in [2.24, 2.45) is 5.92 Å². The molecule has 0 bridgehead atoms. The van der Waals surface area contributed by atoms with Crippen molar-refractivity contribution in [3.05, 3.63) is 94.3 Å². The number of alkyl halides is 3. The third-order valence-corrected chi connectivity index (χ3v) is 9.72. The zero-order chi connectivity index (χ0) is 32.9. The number of hydrogen-bond donors (Lipinski definition) is 1. The van der Waals surface area contributed by atoms with Crippen LogP contribution in [0.15, 0.2) is 60.8 Å². The van der Waals surface area contributed by atoms with Crippen molar-refractivity contribution in [2.45, 2.75) is 64.1 Å². The summed E-state index contributed by atoms with van der Waals surface area (Å²) in [6, 6.07) is 17.4. The van der Waals surface area contributed by atoms with Crippen LogP contribution in [0.1, 0.15) is 76.8 Å². The Bertz CT molecular complexity index is 1840. The molecule has 7 rings (SSSR count). The highest BCUT2D eigenvalue weighted by atomic mass is 19.4. The van der Waals surface area contributed by atoms with E-state index in [-0.39, 0.29) is 11.7 Å². The summed E-state index contributed by atoms with van der Waals surface area (Å²) in [5.41, 5.74) is 4.99. The summed E-state index contributed by atoms with van der Waals surface area (Å²) in [7, 11) is 0. The predicted octanol–water partition coefficient (Wildman–Crippen LogP) is 6.89. The van der Waals surface area contributed by atoms with Crippen LogP contribution in [0.2, 0.25) is 0 Å². The second kappa shape index (κ2) is 12.2. The zero-order valence-corrected chi connectivity index (χ0v) is 26.1. The number of amides is 1. The molecule has 1 N–H and O–H groups in total. The molecule has 2 aromatic heterocycles.